The van der Waals surface area contributed by atoms with Crippen LogP contribution in [-0.4, -0.2) is 15.0 Å². The molecule has 5 nitrogen and oxygen atoms in total. The molecule has 4 heterocycles. The van der Waals surface area contributed by atoms with Gasteiger partial charge in [-0.05, 0) is 112 Å². The molecule has 272 valence electrons. The lowest BCUT2D eigenvalue weighted by Gasteiger charge is -2.26. The third kappa shape index (κ3) is 6.03. The van der Waals surface area contributed by atoms with Crippen molar-refractivity contribution >= 4 is 60.9 Å². The first-order chi connectivity index (χ1) is 28.7. The highest BCUT2D eigenvalue weighted by Crippen LogP contribution is 2.39. The van der Waals surface area contributed by atoms with Crippen molar-refractivity contribution in [1.29, 1.82) is 0 Å². The Morgan fingerprint density at radius 2 is 1.02 bits per heavy atom. The van der Waals surface area contributed by atoms with Crippen LogP contribution in [-0.2, 0) is 0 Å². The number of aromatic nitrogens is 3. The lowest BCUT2D eigenvalue weighted by atomic mass is 10.00. The van der Waals surface area contributed by atoms with Gasteiger partial charge in [0.15, 0.2) is 5.58 Å². The quantitative estimate of drug-likeness (QED) is 0.163. The Hall–Kier alpha value is -7.89. The molecule has 0 radical (unpaired) electrons. The van der Waals surface area contributed by atoms with E-state index in [2.05, 4.69) is 157 Å². The number of nitrogens with zero attached hydrogens (tertiary/aromatic N) is 4. The number of fused-ring (bicyclic) bond motifs is 5. The first kappa shape index (κ1) is 33.4. The Morgan fingerprint density at radius 1 is 0.379 bits per heavy atom. The van der Waals surface area contributed by atoms with E-state index in [0.717, 1.165) is 83.8 Å². The Balaban J connectivity index is 0.979. The van der Waals surface area contributed by atoms with Crippen molar-refractivity contribution in [2.75, 3.05) is 4.90 Å². The molecule has 0 aliphatic rings. The van der Waals surface area contributed by atoms with Crippen LogP contribution in [0.3, 0.4) is 0 Å². The Bertz CT molecular complexity index is 3260. The molecule has 0 aliphatic carbocycles. The van der Waals surface area contributed by atoms with E-state index in [1.165, 1.54) is 21.9 Å². The van der Waals surface area contributed by atoms with Crippen molar-refractivity contribution < 1.29 is 4.42 Å². The van der Waals surface area contributed by atoms with Gasteiger partial charge in [-0.2, -0.15) is 0 Å². The zero-order valence-corrected chi connectivity index (χ0v) is 31.3. The molecular weight excluding hydrogens is 709 g/mol. The highest BCUT2D eigenvalue weighted by molar-refractivity contribution is 6.03. The number of pyridine rings is 3. The van der Waals surface area contributed by atoms with Gasteiger partial charge in [-0.15, -0.1) is 0 Å². The largest absolute Gasteiger partial charge is 0.454 e. The molecule has 0 atom stereocenters. The van der Waals surface area contributed by atoms with Crippen molar-refractivity contribution in [3.8, 4) is 44.8 Å². The summed E-state index contributed by atoms with van der Waals surface area (Å²) >= 11 is 0. The molecule has 7 aromatic carbocycles. The van der Waals surface area contributed by atoms with Gasteiger partial charge in [0.2, 0.25) is 0 Å². The summed E-state index contributed by atoms with van der Waals surface area (Å²) in [7, 11) is 0. The Morgan fingerprint density at radius 3 is 1.78 bits per heavy atom. The highest BCUT2D eigenvalue weighted by Gasteiger charge is 2.16. The first-order valence-electron chi connectivity index (χ1n) is 19.4. The van der Waals surface area contributed by atoms with Gasteiger partial charge in [0.25, 0.3) is 0 Å². The van der Waals surface area contributed by atoms with Crippen LogP contribution in [0.1, 0.15) is 0 Å². The van der Waals surface area contributed by atoms with E-state index in [9.17, 15) is 0 Å². The maximum atomic E-state index is 6.05. The average molecular weight is 743 g/mol. The van der Waals surface area contributed by atoms with Gasteiger partial charge in [0.05, 0.1) is 22.4 Å². The molecule has 0 bridgehead atoms. The number of hydrogen-bond donors (Lipinski definition) is 0. The zero-order chi connectivity index (χ0) is 38.4. The lowest BCUT2D eigenvalue weighted by Crippen LogP contribution is -2.09. The monoisotopic (exact) mass is 742 g/mol. The number of rotatable bonds is 7. The van der Waals surface area contributed by atoms with Crippen molar-refractivity contribution in [1.82, 2.24) is 15.0 Å². The fraction of sp³-hybridized carbons (Fsp3) is 0. The predicted octanol–water partition coefficient (Wildman–Crippen LogP) is 14.2. The van der Waals surface area contributed by atoms with Crippen LogP contribution < -0.4 is 4.90 Å². The first-order valence-corrected chi connectivity index (χ1v) is 19.4. The molecule has 11 rings (SSSR count). The molecule has 0 spiro atoms. The highest BCUT2D eigenvalue weighted by atomic mass is 16.3. The molecular formula is C53H34N4O. The van der Waals surface area contributed by atoms with E-state index in [-0.39, 0.29) is 0 Å². The Kier molecular flexibility index (Phi) is 8.07. The molecule has 0 N–H and O–H groups in total. The molecule has 4 aromatic heterocycles. The summed E-state index contributed by atoms with van der Waals surface area (Å²) < 4.78 is 6.05. The summed E-state index contributed by atoms with van der Waals surface area (Å²) in [5, 5.41) is 3.49. The van der Waals surface area contributed by atoms with E-state index in [1.807, 2.05) is 54.7 Å². The third-order valence-electron chi connectivity index (χ3n) is 10.9. The molecule has 0 unspecified atom stereocenters. The second kappa shape index (κ2) is 14.0. The number of para-hydroxylation sites is 1. The van der Waals surface area contributed by atoms with Crippen molar-refractivity contribution in [3.63, 3.8) is 0 Å². The van der Waals surface area contributed by atoms with Crippen LogP contribution in [0.4, 0.5) is 17.1 Å². The summed E-state index contributed by atoms with van der Waals surface area (Å²) in [6.45, 7) is 0. The number of anilines is 3. The van der Waals surface area contributed by atoms with E-state index < -0.39 is 0 Å². The van der Waals surface area contributed by atoms with E-state index in [4.69, 9.17) is 19.4 Å². The molecule has 0 amide bonds. The van der Waals surface area contributed by atoms with Gasteiger partial charge in [-0.25, -0.2) is 9.97 Å². The van der Waals surface area contributed by atoms with Gasteiger partial charge >= 0.3 is 0 Å². The van der Waals surface area contributed by atoms with Crippen LogP contribution >= 0.6 is 0 Å². The summed E-state index contributed by atoms with van der Waals surface area (Å²) in [6.07, 6.45) is 1.83. The third-order valence-corrected chi connectivity index (χ3v) is 10.9. The molecule has 0 aliphatic heterocycles. The minimum atomic E-state index is 0.787. The minimum Gasteiger partial charge on any atom is -0.454 e. The van der Waals surface area contributed by atoms with Crippen molar-refractivity contribution in [2.45, 2.75) is 0 Å². The van der Waals surface area contributed by atoms with Gasteiger partial charge in [0.1, 0.15) is 11.1 Å². The smallest absolute Gasteiger partial charge is 0.153 e. The molecule has 0 fully saturated rings. The molecule has 0 saturated heterocycles. The second-order valence-electron chi connectivity index (χ2n) is 14.5. The van der Waals surface area contributed by atoms with Gasteiger partial charge in [-0.1, -0.05) is 115 Å². The van der Waals surface area contributed by atoms with Crippen LogP contribution in [0, 0.1) is 0 Å². The maximum absolute atomic E-state index is 6.05. The number of furan rings is 1. The summed E-state index contributed by atoms with van der Waals surface area (Å²) in [5.74, 6) is 0. The normalized spacial score (nSPS) is 11.4. The van der Waals surface area contributed by atoms with Gasteiger partial charge in [0, 0.05) is 45.3 Å². The predicted molar refractivity (Wildman–Crippen MR) is 239 cm³/mol. The van der Waals surface area contributed by atoms with Crippen LogP contribution in [0.2, 0.25) is 0 Å². The summed E-state index contributed by atoms with van der Waals surface area (Å²) in [6, 6.07) is 69.9. The van der Waals surface area contributed by atoms with Crippen molar-refractivity contribution in [3.05, 3.63) is 206 Å². The summed E-state index contributed by atoms with van der Waals surface area (Å²) in [5.41, 5.74) is 15.8. The minimum absolute atomic E-state index is 0.787. The zero-order valence-electron chi connectivity index (χ0n) is 31.3. The van der Waals surface area contributed by atoms with Gasteiger partial charge in [-0.3, -0.25) is 4.98 Å². The van der Waals surface area contributed by atoms with E-state index in [0.29, 0.717) is 0 Å². The van der Waals surface area contributed by atoms with Crippen LogP contribution in [0.25, 0.3) is 88.6 Å². The SMILES string of the molecule is c1ccc(-c2cc(-c3ccc(N(c4ccc(-c5ccc6ccccc6c5)cc4)c4ccc(-c5ccc6oc7ccccc7c6n5)cc4)cc3)nc3cccnc23)cc1. The maximum Gasteiger partial charge on any atom is 0.153 e. The van der Waals surface area contributed by atoms with Crippen molar-refractivity contribution in [2.24, 2.45) is 0 Å². The molecule has 11 aromatic rings. The topological polar surface area (TPSA) is 55.1 Å². The molecule has 58 heavy (non-hydrogen) atoms. The number of benzene rings is 7. The van der Waals surface area contributed by atoms with E-state index in [1.54, 1.807) is 0 Å². The molecule has 0 saturated carbocycles. The lowest BCUT2D eigenvalue weighted by molar-refractivity contribution is 0.668. The fourth-order valence-corrected chi connectivity index (χ4v) is 7.98. The second-order valence-corrected chi connectivity index (χ2v) is 14.5. The summed E-state index contributed by atoms with van der Waals surface area (Å²) in [4.78, 5) is 17.1. The average Bonchev–Trinajstić information content (AvgIpc) is 3.68. The standard InChI is InChI=1S/C53H34N4O/c1-2-10-37(11-3-1)46-34-49(55-48-14-8-32-54-52(46)48)39-22-28-44(29-23-39)57(42-24-18-36(19-25-42)41-17-16-35-9-4-5-12-40(35)33-41)43-26-20-38(21-27-43)47-30-31-51-53(56-47)45-13-6-7-15-50(45)58-51/h1-34H. The number of hydrogen-bond acceptors (Lipinski definition) is 5. The fourth-order valence-electron chi connectivity index (χ4n) is 7.98. The molecule has 5 heteroatoms. The Labute approximate surface area is 335 Å². The van der Waals surface area contributed by atoms with Crippen LogP contribution in [0.15, 0.2) is 211 Å². The van der Waals surface area contributed by atoms with Crippen LogP contribution in [0.5, 0.6) is 0 Å². The van der Waals surface area contributed by atoms with E-state index >= 15 is 0 Å². The van der Waals surface area contributed by atoms with Gasteiger partial charge < -0.3 is 9.32 Å².